The van der Waals surface area contributed by atoms with Crippen molar-refractivity contribution in [3.8, 4) is 17.0 Å². The molecule has 2 aromatic carbocycles. The Labute approximate surface area is 111 Å². The summed E-state index contributed by atoms with van der Waals surface area (Å²) in [5, 5.41) is 9.50. The van der Waals surface area contributed by atoms with Crippen LogP contribution in [0.5, 0.6) is 5.75 Å². The zero-order valence-corrected chi connectivity index (χ0v) is 10.4. The molecule has 0 spiro atoms. The smallest absolute Gasteiger partial charge is 0.115 e. The molecule has 0 radical (unpaired) electrons. The van der Waals surface area contributed by atoms with Crippen LogP contribution in [0, 0.1) is 0 Å². The molecule has 0 saturated carbocycles. The topological polar surface area (TPSA) is 38.0 Å². The Morgan fingerprint density at radius 3 is 2.63 bits per heavy atom. The summed E-state index contributed by atoms with van der Waals surface area (Å²) in [7, 11) is 0. The highest BCUT2D eigenvalue weighted by molar-refractivity contribution is 5.58. The summed E-state index contributed by atoms with van der Waals surface area (Å²) in [4.78, 5) is 4.22. The maximum atomic E-state index is 9.50. The van der Waals surface area contributed by atoms with Gasteiger partial charge in [-0.3, -0.25) is 0 Å². The molecule has 1 N–H and O–H groups in total. The second kappa shape index (κ2) is 4.98. The van der Waals surface area contributed by atoms with Gasteiger partial charge in [0.1, 0.15) is 5.75 Å². The van der Waals surface area contributed by atoms with Gasteiger partial charge in [0.25, 0.3) is 0 Å². The lowest BCUT2D eigenvalue weighted by Gasteiger charge is -2.08. The third kappa shape index (κ3) is 2.50. The molecule has 3 rings (SSSR count). The van der Waals surface area contributed by atoms with Crippen LogP contribution in [0.15, 0.2) is 67.1 Å². The lowest BCUT2D eigenvalue weighted by molar-refractivity contribution is 0.474. The molecule has 3 heteroatoms. The summed E-state index contributed by atoms with van der Waals surface area (Å²) in [6.45, 7) is 0.693. The van der Waals surface area contributed by atoms with Gasteiger partial charge in [0, 0.05) is 6.54 Å². The average molecular weight is 250 g/mol. The molecule has 0 bridgehead atoms. The summed E-state index contributed by atoms with van der Waals surface area (Å²) in [6, 6.07) is 17.5. The van der Waals surface area contributed by atoms with E-state index in [0.29, 0.717) is 12.3 Å². The maximum absolute atomic E-state index is 9.50. The largest absolute Gasteiger partial charge is 0.508 e. The molecule has 0 aliphatic rings. The predicted octanol–water partition coefficient (Wildman–Crippen LogP) is 3.30. The summed E-state index contributed by atoms with van der Waals surface area (Å²) < 4.78 is 2.07. The van der Waals surface area contributed by atoms with Crippen molar-refractivity contribution in [1.29, 1.82) is 0 Å². The van der Waals surface area contributed by atoms with Gasteiger partial charge in [0.2, 0.25) is 0 Å². The Balaban J connectivity index is 1.93. The van der Waals surface area contributed by atoms with Crippen LogP contribution in [0.2, 0.25) is 0 Å². The van der Waals surface area contributed by atoms with Crippen molar-refractivity contribution in [2.24, 2.45) is 0 Å². The van der Waals surface area contributed by atoms with Gasteiger partial charge in [-0.2, -0.15) is 0 Å². The Bertz CT molecular complexity index is 674. The molecular weight excluding hydrogens is 236 g/mol. The lowest BCUT2D eigenvalue weighted by atomic mass is 10.1. The van der Waals surface area contributed by atoms with Gasteiger partial charge in [0.05, 0.1) is 18.2 Å². The fraction of sp³-hybridized carbons (Fsp3) is 0.0625. The van der Waals surface area contributed by atoms with Gasteiger partial charge >= 0.3 is 0 Å². The Kier molecular flexibility index (Phi) is 3.02. The minimum absolute atomic E-state index is 0.291. The third-order valence-electron chi connectivity index (χ3n) is 3.05. The molecule has 19 heavy (non-hydrogen) atoms. The van der Waals surface area contributed by atoms with E-state index in [1.54, 1.807) is 12.1 Å². The first kappa shape index (κ1) is 11.5. The summed E-state index contributed by atoms with van der Waals surface area (Å²) in [6.07, 6.45) is 3.67. The number of phenols is 1. The number of aromatic nitrogens is 2. The Morgan fingerprint density at radius 2 is 1.84 bits per heavy atom. The van der Waals surface area contributed by atoms with E-state index in [0.717, 1.165) is 16.8 Å². The van der Waals surface area contributed by atoms with E-state index < -0.39 is 0 Å². The third-order valence-corrected chi connectivity index (χ3v) is 3.05. The highest BCUT2D eigenvalue weighted by Crippen LogP contribution is 2.20. The SMILES string of the molecule is Oc1cccc(Cn2cncc2-c2ccccc2)c1. The van der Waals surface area contributed by atoms with Gasteiger partial charge in [-0.05, 0) is 23.3 Å². The monoisotopic (exact) mass is 250 g/mol. The summed E-state index contributed by atoms with van der Waals surface area (Å²) >= 11 is 0. The lowest BCUT2D eigenvalue weighted by Crippen LogP contribution is -2.00. The Hall–Kier alpha value is -2.55. The number of benzene rings is 2. The zero-order chi connectivity index (χ0) is 13.1. The molecule has 0 unspecified atom stereocenters. The summed E-state index contributed by atoms with van der Waals surface area (Å²) in [5.41, 5.74) is 3.26. The highest BCUT2D eigenvalue weighted by atomic mass is 16.3. The van der Waals surface area contributed by atoms with Crippen LogP contribution in [0.25, 0.3) is 11.3 Å². The van der Waals surface area contributed by atoms with Gasteiger partial charge in [-0.1, -0.05) is 42.5 Å². The van der Waals surface area contributed by atoms with Crippen molar-refractivity contribution in [3.63, 3.8) is 0 Å². The molecule has 0 saturated heterocycles. The molecular formula is C16H14N2O. The first-order chi connectivity index (χ1) is 9.33. The van der Waals surface area contributed by atoms with Crippen molar-refractivity contribution < 1.29 is 5.11 Å². The van der Waals surface area contributed by atoms with Crippen molar-refractivity contribution in [1.82, 2.24) is 9.55 Å². The molecule has 0 fully saturated rings. The van der Waals surface area contributed by atoms with Crippen LogP contribution in [-0.4, -0.2) is 14.7 Å². The second-order valence-electron chi connectivity index (χ2n) is 4.44. The van der Waals surface area contributed by atoms with Gasteiger partial charge in [0.15, 0.2) is 0 Å². The van der Waals surface area contributed by atoms with E-state index in [1.807, 2.05) is 42.9 Å². The van der Waals surface area contributed by atoms with Crippen molar-refractivity contribution in [2.75, 3.05) is 0 Å². The van der Waals surface area contributed by atoms with Crippen LogP contribution in [0.4, 0.5) is 0 Å². The van der Waals surface area contributed by atoms with Crippen LogP contribution in [0.1, 0.15) is 5.56 Å². The fourth-order valence-electron chi connectivity index (χ4n) is 2.15. The van der Waals surface area contributed by atoms with E-state index in [2.05, 4.69) is 21.7 Å². The average Bonchev–Trinajstić information content (AvgIpc) is 2.88. The van der Waals surface area contributed by atoms with Crippen molar-refractivity contribution in [3.05, 3.63) is 72.7 Å². The van der Waals surface area contributed by atoms with Crippen LogP contribution >= 0.6 is 0 Å². The number of nitrogens with zero attached hydrogens (tertiary/aromatic N) is 2. The second-order valence-corrected chi connectivity index (χ2v) is 4.44. The normalized spacial score (nSPS) is 10.5. The zero-order valence-electron chi connectivity index (χ0n) is 10.4. The van der Waals surface area contributed by atoms with E-state index in [9.17, 15) is 5.11 Å². The molecule has 1 aromatic heterocycles. The van der Waals surface area contributed by atoms with Crippen molar-refractivity contribution in [2.45, 2.75) is 6.54 Å². The first-order valence-electron chi connectivity index (χ1n) is 6.16. The molecule has 3 aromatic rings. The quantitative estimate of drug-likeness (QED) is 0.774. The Morgan fingerprint density at radius 1 is 1.00 bits per heavy atom. The maximum Gasteiger partial charge on any atom is 0.115 e. The van der Waals surface area contributed by atoms with E-state index >= 15 is 0 Å². The molecule has 0 aliphatic heterocycles. The van der Waals surface area contributed by atoms with Crippen LogP contribution < -0.4 is 0 Å². The number of hydrogen-bond donors (Lipinski definition) is 1. The number of rotatable bonds is 3. The van der Waals surface area contributed by atoms with E-state index in [-0.39, 0.29) is 0 Å². The van der Waals surface area contributed by atoms with Gasteiger partial charge in [-0.15, -0.1) is 0 Å². The van der Waals surface area contributed by atoms with Crippen molar-refractivity contribution >= 4 is 0 Å². The number of imidazole rings is 1. The van der Waals surface area contributed by atoms with E-state index in [1.165, 1.54) is 0 Å². The molecule has 3 nitrogen and oxygen atoms in total. The number of phenolic OH excluding ortho intramolecular Hbond substituents is 1. The molecule has 94 valence electrons. The fourth-order valence-corrected chi connectivity index (χ4v) is 2.15. The molecule has 1 heterocycles. The number of aromatic hydroxyl groups is 1. The van der Waals surface area contributed by atoms with Gasteiger partial charge in [-0.25, -0.2) is 4.98 Å². The highest BCUT2D eigenvalue weighted by Gasteiger charge is 2.05. The van der Waals surface area contributed by atoms with Gasteiger partial charge < -0.3 is 9.67 Å². The molecule has 0 atom stereocenters. The molecule has 0 amide bonds. The summed E-state index contributed by atoms with van der Waals surface area (Å²) in [5.74, 6) is 0.291. The predicted molar refractivity (Wildman–Crippen MR) is 74.9 cm³/mol. The number of hydrogen-bond acceptors (Lipinski definition) is 2. The minimum atomic E-state index is 0.291. The van der Waals surface area contributed by atoms with Crippen LogP contribution in [0.3, 0.4) is 0 Å². The minimum Gasteiger partial charge on any atom is -0.508 e. The van der Waals surface area contributed by atoms with Crippen LogP contribution in [-0.2, 0) is 6.54 Å². The van der Waals surface area contributed by atoms with E-state index in [4.69, 9.17) is 0 Å². The molecule has 0 aliphatic carbocycles. The first-order valence-corrected chi connectivity index (χ1v) is 6.16. The standard InChI is InChI=1S/C16H14N2O/c19-15-8-4-5-13(9-15)11-18-12-17-10-16(18)14-6-2-1-3-7-14/h1-10,12,19H,11H2.